The smallest absolute Gasteiger partial charge is 0.264 e. The Morgan fingerprint density at radius 3 is 2.55 bits per heavy atom. The van der Waals surface area contributed by atoms with Crippen LogP contribution in [-0.2, 0) is 16.9 Å². The van der Waals surface area contributed by atoms with Gasteiger partial charge in [-0.2, -0.15) is 0 Å². The highest BCUT2D eigenvalue weighted by molar-refractivity contribution is 6.35. The van der Waals surface area contributed by atoms with Crippen molar-refractivity contribution in [2.45, 2.75) is 18.6 Å². The van der Waals surface area contributed by atoms with Crippen molar-refractivity contribution in [1.82, 2.24) is 0 Å². The third kappa shape index (κ3) is 3.84. The molecule has 5 rings (SSSR count). The molecule has 33 heavy (non-hydrogen) atoms. The van der Waals surface area contributed by atoms with E-state index in [2.05, 4.69) is 0 Å². The summed E-state index contributed by atoms with van der Waals surface area (Å²) in [4.78, 5) is 28.1. The number of hydrogen-bond donors (Lipinski definition) is 1. The number of fused-ring (bicyclic) bond motifs is 2. The van der Waals surface area contributed by atoms with Crippen molar-refractivity contribution in [1.29, 1.82) is 0 Å². The van der Waals surface area contributed by atoms with E-state index >= 15 is 0 Å². The Morgan fingerprint density at radius 1 is 1.00 bits per heavy atom. The zero-order chi connectivity index (χ0) is 23.2. The first kappa shape index (κ1) is 21.8. The number of aliphatic hydroxyl groups is 1. The molecule has 8 heteroatoms. The highest BCUT2D eigenvalue weighted by Gasteiger charge is 2.50. The van der Waals surface area contributed by atoms with Crippen LogP contribution in [0.15, 0.2) is 60.7 Å². The van der Waals surface area contributed by atoms with Gasteiger partial charge in [-0.1, -0.05) is 47.5 Å². The van der Waals surface area contributed by atoms with Crippen LogP contribution in [0.1, 0.15) is 27.9 Å². The highest BCUT2D eigenvalue weighted by atomic mass is 35.5. The molecule has 168 valence electrons. The minimum absolute atomic E-state index is 0.131. The first-order chi connectivity index (χ1) is 15.9. The van der Waals surface area contributed by atoms with E-state index in [-0.39, 0.29) is 12.3 Å². The van der Waals surface area contributed by atoms with Crippen molar-refractivity contribution in [3.63, 3.8) is 0 Å². The Kier molecular flexibility index (Phi) is 5.52. The van der Waals surface area contributed by atoms with Crippen molar-refractivity contribution in [2.75, 3.05) is 18.1 Å². The Labute approximate surface area is 200 Å². The van der Waals surface area contributed by atoms with Gasteiger partial charge in [0.2, 0.25) is 0 Å². The van der Waals surface area contributed by atoms with Crippen LogP contribution in [-0.4, -0.2) is 30.0 Å². The Morgan fingerprint density at radius 2 is 1.76 bits per heavy atom. The SMILES string of the molecule is O=C(CC1(O)C(=O)N(Cc2ccc(Cl)cc2Cl)c2ccccc21)c1ccc2c(c1)OCCO2. The fourth-order valence-corrected chi connectivity index (χ4v) is 4.67. The van der Waals surface area contributed by atoms with E-state index in [0.29, 0.717) is 57.1 Å². The Hall–Kier alpha value is -3.06. The molecule has 2 aliphatic heterocycles. The summed E-state index contributed by atoms with van der Waals surface area (Å²) >= 11 is 12.3. The highest BCUT2D eigenvalue weighted by Crippen LogP contribution is 2.44. The molecule has 0 aliphatic carbocycles. The average molecular weight is 484 g/mol. The van der Waals surface area contributed by atoms with Gasteiger partial charge in [-0.3, -0.25) is 9.59 Å². The zero-order valence-corrected chi connectivity index (χ0v) is 18.9. The molecule has 0 saturated carbocycles. The standard InChI is InChI=1S/C25H19Cl2NO5/c26-17-7-5-16(19(27)12-17)14-28-20-4-2-1-3-18(20)25(31,24(28)30)13-21(29)15-6-8-22-23(11-15)33-10-9-32-22/h1-8,11-12,31H,9-10,13-14H2. The summed E-state index contributed by atoms with van der Waals surface area (Å²) in [5.41, 5.74) is -0.0828. The molecule has 1 N–H and O–H groups in total. The fraction of sp³-hybridized carbons (Fsp3) is 0.200. The molecule has 1 amide bonds. The molecule has 6 nitrogen and oxygen atoms in total. The molecular weight excluding hydrogens is 465 g/mol. The van der Waals surface area contributed by atoms with Crippen LogP contribution < -0.4 is 14.4 Å². The summed E-state index contributed by atoms with van der Waals surface area (Å²) < 4.78 is 11.1. The second-order valence-electron chi connectivity index (χ2n) is 7.96. The number of anilines is 1. The molecule has 0 spiro atoms. The normalized spacial score (nSPS) is 18.9. The second kappa shape index (κ2) is 8.37. The van der Waals surface area contributed by atoms with E-state index in [9.17, 15) is 14.7 Å². The number of ketones is 1. The molecule has 0 saturated heterocycles. The third-order valence-electron chi connectivity index (χ3n) is 5.86. The second-order valence-corrected chi connectivity index (χ2v) is 8.81. The Bertz CT molecular complexity index is 1280. The van der Waals surface area contributed by atoms with Gasteiger partial charge in [0.15, 0.2) is 22.9 Å². The molecule has 2 aliphatic rings. The van der Waals surface area contributed by atoms with E-state index < -0.39 is 17.9 Å². The lowest BCUT2D eigenvalue weighted by atomic mass is 9.88. The summed E-state index contributed by atoms with van der Waals surface area (Å²) in [6.07, 6.45) is -0.409. The Balaban J connectivity index is 1.46. The van der Waals surface area contributed by atoms with E-state index in [1.165, 1.54) is 4.90 Å². The lowest BCUT2D eigenvalue weighted by Crippen LogP contribution is -2.41. The number of amides is 1. The van der Waals surface area contributed by atoms with Crippen LogP contribution in [0.4, 0.5) is 5.69 Å². The monoisotopic (exact) mass is 483 g/mol. The lowest BCUT2D eigenvalue weighted by Gasteiger charge is -2.23. The van der Waals surface area contributed by atoms with Crippen molar-refractivity contribution in [3.8, 4) is 11.5 Å². The van der Waals surface area contributed by atoms with Crippen molar-refractivity contribution in [2.24, 2.45) is 0 Å². The van der Waals surface area contributed by atoms with Gasteiger partial charge >= 0.3 is 0 Å². The first-order valence-electron chi connectivity index (χ1n) is 10.4. The summed E-state index contributed by atoms with van der Waals surface area (Å²) in [5.74, 6) is 0.0608. The quantitative estimate of drug-likeness (QED) is 0.528. The fourth-order valence-electron chi connectivity index (χ4n) is 4.21. The predicted molar refractivity (Wildman–Crippen MR) is 124 cm³/mol. The zero-order valence-electron chi connectivity index (χ0n) is 17.4. The van der Waals surface area contributed by atoms with Crippen molar-refractivity contribution >= 4 is 40.6 Å². The number of benzene rings is 3. The number of para-hydroxylation sites is 1. The molecule has 1 unspecified atom stereocenters. The van der Waals surface area contributed by atoms with Crippen molar-refractivity contribution in [3.05, 3.63) is 87.4 Å². The molecule has 3 aromatic rings. The molecule has 2 heterocycles. The number of nitrogens with zero attached hydrogens (tertiary/aromatic N) is 1. The van der Waals surface area contributed by atoms with Crippen LogP contribution in [0.2, 0.25) is 10.0 Å². The van der Waals surface area contributed by atoms with Gasteiger partial charge in [-0.05, 0) is 42.0 Å². The third-order valence-corrected chi connectivity index (χ3v) is 6.45. The number of rotatable bonds is 5. The van der Waals surface area contributed by atoms with Gasteiger partial charge in [0.1, 0.15) is 13.2 Å². The predicted octanol–water partition coefficient (Wildman–Crippen LogP) is 4.77. The van der Waals surface area contributed by atoms with E-state index in [0.717, 1.165) is 0 Å². The molecule has 0 radical (unpaired) electrons. The maximum absolute atomic E-state index is 13.5. The van der Waals surface area contributed by atoms with Gasteiger partial charge in [0.25, 0.3) is 5.91 Å². The maximum Gasteiger partial charge on any atom is 0.264 e. The molecule has 1 atom stereocenters. The van der Waals surface area contributed by atoms with Crippen LogP contribution >= 0.6 is 23.2 Å². The number of ether oxygens (including phenoxy) is 2. The maximum atomic E-state index is 13.5. The topological polar surface area (TPSA) is 76.1 Å². The van der Waals surface area contributed by atoms with Crippen LogP contribution in [0.3, 0.4) is 0 Å². The number of halogens is 2. The molecule has 0 bridgehead atoms. The minimum atomic E-state index is -2.00. The van der Waals surface area contributed by atoms with Crippen LogP contribution in [0, 0.1) is 0 Å². The van der Waals surface area contributed by atoms with Gasteiger partial charge in [-0.25, -0.2) is 0 Å². The number of hydrogen-bond acceptors (Lipinski definition) is 5. The molecular formula is C25H19Cl2NO5. The number of carbonyl (C=O) groups excluding carboxylic acids is 2. The average Bonchev–Trinajstić information content (AvgIpc) is 3.02. The number of carbonyl (C=O) groups is 2. The van der Waals surface area contributed by atoms with Gasteiger partial charge in [0.05, 0.1) is 18.7 Å². The van der Waals surface area contributed by atoms with E-state index in [1.807, 2.05) is 0 Å². The van der Waals surface area contributed by atoms with Gasteiger partial charge in [0, 0.05) is 21.2 Å². The molecule has 0 aromatic heterocycles. The first-order valence-corrected chi connectivity index (χ1v) is 11.1. The van der Waals surface area contributed by atoms with Gasteiger partial charge in [-0.15, -0.1) is 0 Å². The van der Waals surface area contributed by atoms with Crippen LogP contribution in [0.25, 0.3) is 0 Å². The molecule has 3 aromatic carbocycles. The van der Waals surface area contributed by atoms with Crippen LogP contribution in [0.5, 0.6) is 11.5 Å². The summed E-state index contributed by atoms with van der Waals surface area (Å²) in [6, 6.07) is 16.8. The minimum Gasteiger partial charge on any atom is -0.486 e. The largest absolute Gasteiger partial charge is 0.486 e. The molecule has 0 fully saturated rings. The van der Waals surface area contributed by atoms with Crippen molar-refractivity contribution < 1.29 is 24.2 Å². The summed E-state index contributed by atoms with van der Waals surface area (Å²) in [6.45, 7) is 0.966. The van der Waals surface area contributed by atoms with E-state index in [1.54, 1.807) is 60.7 Å². The number of Topliss-reactive ketones (excluding diaryl/α,β-unsaturated/α-hetero) is 1. The summed E-state index contributed by atoms with van der Waals surface area (Å²) in [5, 5.41) is 12.4. The van der Waals surface area contributed by atoms with E-state index in [4.69, 9.17) is 32.7 Å². The lowest BCUT2D eigenvalue weighted by molar-refractivity contribution is -0.136. The van der Waals surface area contributed by atoms with Gasteiger partial charge < -0.3 is 19.5 Å². The summed E-state index contributed by atoms with van der Waals surface area (Å²) in [7, 11) is 0.